The second kappa shape index (κ2) is 11.9. The molecule has 3 atom stereocenters. The van der Waals surface area contributed by atoms with Crippen LogP contribution in [0.2, 0.25) is 0 Å². The van der Waals surface area contributed by atoms with Gasteiger partial charge in [-0.1, -0.05) is 76.2 Å². The van der Waals surface area contributed by atoms with Crippen LogP contribution in [-0.4, -0.2) is 28.3 Å². The smallest absolute Gasteiger partial charge is 0.338 e. The van der Waals surface area contributed by atoms with Crippen molar-refractivity contribution in [2.24, 2.45) is 5.11 Å². The van der Waals surface area contributed by atoms with Gasteiger partial charge in [0, 0.05) is 46.6 Å². The van der Waals surface area contributed by atoms with Crippen molar-refractivity contribution in [3.8, 4) is 0 Å². The van der Waals surface area contributed by atoms with E-state index >= 15 is 0 Å². The average molecular weight is 732 g/mol. The van der Waals surface area contributed by atoms with E-state index in [1.54, 1.807) is 30.3 Å². The third kappa shape index (κ3) is 6.18. The van der Waals surface area contributed by atoms with Gasteiger partial charge in [-0.2, -0.15) is 6.61 Å². The van der Waals surface area contributed by atoms with Crippen LogP contribution in [-0.2, 0) is 25.9 Å². The van der Waals surface area contributed by atoms with Gasteiger partial charge in [0.05, 0.1) is 5.56 Å². The van der Waals surface area contributed by atoms with Crippen LogP contribution in [0.15, 0.2) is 65.8 Å². The maximum Gasteiger partial charge on any atom is 0.338 e. The van der Waals surface area contributed by atoms with Crippen LogP contribution in [0.4, 0.5) is 0 Å². The normalized spacial score (nSPS) is 22.9. The van der Waals surface area contributed by atoms with Crippen LogP contribution in [0.3, 0.4) is 0 Å². The Bertz CT molecular complexity index is 838. The largest absolute Gasteiger partial charge is 0.537 e. The summed E-state index contributed by atoms with van der Waals surface area (Å²) in [5, 5.41) is 3.73. The fourth-order valence-electron chi connectivity index (χ4n) is 2.62. The zero-order valence-corrected chi connectivity index (χ0v) is 21.5. The molecule has 0 saturated carbocycles. The molecule has 0 aromatic heterocycles. The Kier molecular flexibility index (Phi) is 9.92. The minimum Gasteiger partial charge on any atom is -0.537 e. The first-order valence-corrected chi connectivity index (χ1v) is 9.93. The summed E-state index contributed by atoms with van der Waals surface area (Å²) in [5.41, 5.74) is 8.81. The minimum atomic E-state index is -1.42. The molecule has 0 spiro atoms. The molecule has 10 heteroatoms. The van der Waals surface area contributed by atoms with Gasteiger partial charge in [0.1, 0.15) is 12.7 Å². The summed E-state index contributed by atoms with van der Waals surface area (Å²) in [6.07, 6.45) is -1.87. The summed E-state index contributed by atoms with van der Waals surface area (Å²) in [5.74, 6) is -0.580. The van der Waals surface area contributed by atoms with Crippen LogP contribution in [0, 0.1) is 37.7 Å². The summed E-state index contributed by atoms with van der Waals surface area (Å²) < 4.78 is 11.4. The zero-order chi connectivity index (χ0) is 19.8. The molecule has 1 saturated heterocycles. The molecule has 0 N–H and O–H groups in total. The molecule has 2 aromatic carbocycles. The van der Waals surface area contributed by atoms with E-state index in [4.69, 9.17) is 24.8 Å². The Morgan fingerprint density at radius 3 is 2.48 bits per heavy atom. The summed E-state index contributed by atoms with van der Waals surface area (Å²) in [6.45, 7) is 1.52. The van der Waals surface area contributed by atoms with Gasteiger partial charge in [0.25, 0.3) is 0 Å². The Balaban J connectivity index is 0.00000300. The van der Waals surface area contributed by atoms with Crippen molar-refractivity contribution in [2.45, 2.75) is 24.5 Å². The van der Waals surface area contributed by atoms with Crippen molar-refractivity contribution in [1.29, 1.82) is 0 Å². The average Bonchev–Trinajstić information content (AvgIpc) is 3.07. The van der Waals surface area contributed by atoms with E-state index < -0.39 is 23.9 Å². The number of halogens is 1. The van der Waals surface area contributed by atoms with Gasteiger partial charge in [-0.3, -0.25) is 4.89 Å². The Morgan fingerprint density at radius 1 is 1.21 bits per heavy atom. The number of carbonyl (C=O) groups excluding carboxylic acids is 1. The van der Waals surface area contributed by atoms with Crippen molar-refractivity contribution in [2.75, 3.05) is 4.43 Å². The fourth-order valence-corrected chi connectivity index (χ4v) is 3.38. The number of hydrogen-bond donors (Lipinski definition) is 0. The minimum absolute atomic E-state index is 0. The number of carbonyl (C=O) groups is 1. The molecule has 150 valence electrons. The third-order valence-electron chi connectivity index (χ3n) is 4.05. The van der Waals surface area contributed by atoms with Gasteiger partial charge < -0.3 is 9.47 Å². The summed E-state index contributed by atoms with van der Waals surface area (Å²) >= 11 is 2.00. The van der Waals surface area contributed by atoms with E-state index in [0.717, 1.165) is 5.56 Å². The number of benzene rings is 2. The van der Waals surface area contributed by atoms with E-state index in [1.165, 1.54) is 6.61 Å². The first kappa shape index (κ1) is 24.2. The van der Waals surface area contributed by atoms with E-state index in [9.17, 15) is 4.79 Å². The van der Waals surface area contributed by atoms with E-state index in [-0.39, 0.29) is 42.1 Å². The van der Waals surface area contributed by atoms with Gasteiger partial charge >= 0.3 is 5.97 Å². The Hall–Kier alpha value is -1.12. The van der Waals surface area contributed by atoms with E-state index in [1.807, 2.05) is 52.9 Å². The maximum absolute atomic E-state index is 12.5. The SMILES string of the molecule is [N-]=[N+]=N[C@]1(CI)O[CH-][C@H](OOCc2ccccc2)[C@@H]1OC(=O)c1ccccc1.[U]. The maximum atomic E-state index is 12.5. The quantitative estimate of drug-likeness (QED) is 0.0463. The van der Waals surface area contributed by atoms with Gasteiger partial charge in [-0.15, -0.1) is 0 Å². The number of azide groups is 1. The molecule has 1 aliphatic heterocycles. The monoisotopic (exact) mass is 732 g/mol. The topological polar surface area (TPSA) is 103 Å². The third-order valence-corrected chi connectivity index (χ3v) is 5.14. The molecule has 29 heavy (non-hydrogen) atoms. The van der Waals surface area contributed by atoms with Crippen molar-refractivity contribution < 1.29 is 55.2 Å². The van der Waals surface area contributed by atoms with Gasteiger partial charge in [0.2, 0.25) is 0 Å². The van der Waals surface area contributed by atoms with Crippen molar-refractivity contribution in [1.82, 2.24) is 0 Å². The van der Waals surface area contributed by atoms with Gasteiger partial charge in [-0.25, -0.2) is 9.68 Å². The van der Waals surface area contributed by atoms with Crippen LogP contribution >= 0.6 is 22.6 Å². The Labute approximate surface area is 205 Å². The first-order valence-electron chi connectivity index (χ1n) is 8.40. The number of hydrogen-bond acceptors (Lipinski definition) is 6. The molecular weight excluding hydrogens is 715 g/mol. The molecule has 0 amide bonds. The zero-order valence-electron chi connectivity index (χ0n) is 15.2. The molecule has 0 aliphatic carbocycles. The number of nitrogens with zero attached hydrogens (tertiary/aromatic N) is 3. The van der Waals surface area contributed by atoms with Crippen LogP contribution < -0.4 is 0 Å². The second-order valence-corrected chi connectivity index (χ2v) is 6.69. The molecule has 1 fully saturated rings. The molecule has 1 heterocycles. The molecular formula is C19H17IN3O5U-. The summed E-state index contributed by atoms with van der Waals surface area (Å²) in [4.78, 5) is 26.1. The molecule has 8 nitrogen and oxygen atoms in total. The fraction of sp³-hybridized carbons (Fsp3) is 0.263. The first-order chi connectivity index (χ1) is 13.7. The predicted molar refractivity (Wildman–Crippen MR) is 108 cm³/mol. The van der Waals surface area contributed by atoms with Gasteiger partial charge in [-0.05, 0) is 23.2 Å². The van der Waals surface area contributed by atoms with Crippen molar-refractivity contribution in [3.05, 3.63) is 88.8 Å². The standard InChI is InChI=1S/C19H17IN3O5.U/c20-13-19(22-23-21)17(27-18(24)15-9-5-2-6-10-15)16(12-25-19)28-26-11-14-7-3-1-4-8-14;/h1-10,12,16-17H,11,13H2;/q-1;/t16-,17-,19+;/m0./s1. The molecule has 3 rings (SSSR count). The second-order valence-electron chi connectivity index (χ2n) is 5.92. The van der Waals surface area contributed by atoms with Crippen LogP contribution in [0.1, 0.15) is 15.9 Å². The number of ether oxygens (including phenoxy) is 2. The Morgan fingerprint density at radius 2 is 1.86 bits per heavy atom. The predicted octanol–water partition coefficient (Wildman–Crippen LogP) is 4.36. The van der Waals surface area contributed by atoms with Crippen LogP contribution in [0.5, 0.6) is 0 Å². The summed E-state index contributed by atoms with van der Waals surface area (Å²) in [7, 11) is 0. The van der Waals surface area contributed by atoms with E-state index in [0.29, 0.717) is 5.56 Å². The van der Waals surface area contributed by atoms with E-state index in [2.05, 4.69) is 10.0 Å². The summed E-state index contributed by atoms with van der Waals surface area (Å²) in [6, 6.07) is 18.0. The number of rotatable bonds is 8. The molecule has 0 radical (unpaired) electrons. The van der Waals surface area contributed by atoms with Gasteiger partial charge in [0.15, 0.2) is 5.72 Å². The van der Waals surface area contributed by atoms with Crippen molar-refractivity contribution >= 4 is 28.6 Å². The molecule has 0 bridgehead atoms. The molecule has 2 aromatic rings. The molecule has 1 aliphatic rings. The van der Waals surface area contributed by atoms with Crippen molar-refractivity contribution in [3.63, 3.8) is 0 Å². The van der Waals surface area contributed by atoms with Crippen LogP contribution in [0.25, 0.3) is 10.4 Å². The number of esters is 1. The molecule has 0 unspecified atom stereocenters. The number of alkyl halides is 1.